The molecular weight excluding hydrogens is 733 g/mol. The Balaban J connectivity index is 4.80. The number of carbonyl (C=O) groups is 3. The Morgan fingerprint density at radius 3 is 0.847 bits per heavy atom. The van der Waals surface area contributed by atoms with Crippen LogP contribution in [0.3, 0.4) is 0 Å². The summed E-state index contributed by atoms with van der Waals surface area (Å²) in [5.74, 6) is -2.13. The third-order valence-corrected chi connectivity index (χ3v) is 12.6. The SMILES string of the molecule is CCCCCCCC/C=C\CCCCCCCC(=O)C(O)(C(O)C(=O)CCCCCCCCCCCCCCC)C(O)C(=O)CCCCCCCCCCCCCCC. The van der Waals surface area contributed by atoms with E-state index >= 15 is 0 Å². The van der Waals surface area contributed by atoms with E-state index in [1.165, 1.54) is 154 Å². The van der Waals surface area contributed by atoms with Crippen LogP contribution in [0.15, 0.2) is 12.2 Å². The fraction of sp³-hybridized carbons (Fsp3) is 0.906. The van der Waals surface area contributed by atoms with Gasteiger partial charge >= 0.3 is 0 Å². The molecule has 0 aliphatic heterocycles. The van der Waals surface area contributed by atoms with Gasteiger partial charge in [-0.2, -0.15) is 0 Å². The molecule has 6 heteroatoms. The third kappa shape index (κ3) is 32.9. The highest BCUT2D eigenvalue weighted by molar-refractivity contribution is 6.01. The molecule has 0 spiro atoms. The summed E-state index contributed by atoms with van der Waals surface area (Å²) in [7, 11) is 0. The number of ketones is 3. The topological polar surface area (TPSA) is 112 Å². The maximum absolute atomic E-state index is 13.6. The van der Waals surface area contributed by atoms with E-state index in [4.69, 9.17) is 0 Å². The van der Waals surface area contributed by atoms with E-state index in [9.17, 15) is 29.7 Å². The number of rotatable bonds is 48. The van der Waals surface area contributed by atoms with Crippen LogP contribution in [0.25, 0.3) is 0 Å². The van der Waals surface area contributed by atoms with Gasteiger partial charge in [0.2, 0.25) is 0 Å². The van der Waals surface area contributed by atoms with E-state index < -0.39 is 35.2 Å². The molecule has 0 saturated carbocycles. The van der Waals surface area contributed by atoms with Crippen molar-refractivity contribution in [1.82, 2.24) is 0 Å². The van der Waals surface area contributed by atoms with Gasteiger partial charge in [0.05, 0.1) is 0 Å². The smallest absolute Gasteiger partial charge is 0.189 e. The average molecular weight is 833 g/mol. The molecule has 3 N–H and O–H groups in total. The van der Waals surface area contributed by atoms with Crippen LogP contribution in [0.2, 0.25) is 0 Å². The number of Topliss-reactive ketones (excluding diaryl/α,β-unsaturated/α-hetero) is 3. The van der Waals surface area contributed by atoms with Crippen molar-refractivity contribution in [2.24, 2.45) is 0 Å². The van der Waals surface area contributed by atoms with Gasteiger partial charge < -0.3 is 15.3 Å². The Hall–Kier alpha value is -1.37. The molecule has 0 saturated heterocycles. The van der Waals surface area contributed by atoms with Crippen LogP contribution in [-0.2, 0) is 14.4 Å². The van der Waals surface area contributed by atoms with Crippen LogP contribution in [-0.4, -0.2) is 50.5 Å². The van der Waals surface area contributed by atoms with Gasteiger partial charge in [-0.15, -0.1) is 0 Å². The van der Waals surface area contributed by atoms with Crippen molar-refractivity contribution in [3.05, 3.63) is 12.2 Å². The standard InChI is InChI=1S/C53H100O6/c1-4-7-10-13-16-19-22-25-26-29-32-35-38-41-44-47-50(56)53(59,51(57)48(54)45-42-39-36-33-30-27-23-20-17-14-11-8-5-2)52(58)49(55)46-43-40-37-34-31-28-24-21-18-15-12-9-6-3/h25-26,51-52,57-59H,4-24,27-47H2,1-3H3/b26-25-. The van der Waals surface area contributed by atoms with E-state index in [-0.39, 0.29) is 19.3 Å². The lowest BCUT2D eigenvalue weighted by Crippen LogP contribution is -2.63. The van der Waals surface area contributed by atoms with Gasteiger partial charge in [0.15, 0.2) is 35.2 Å². The summed E-state index contributed by atoms with van der Waals surface area (Å²) < 4.78 is 0. The summed E-state index contributed by atoms with van der Waals surface area (Å²) in [6, 6.07) is 0. The van der Waals surface area contributed by atoms with E-state index in [1.807, 2.05) is 0 Å². The van der Waals surface area contributed by atoms with E-state index in [0.29, 0.717) is 19.3 Å². The Labute approximate surface area is 366 Å². The number of unbranched alkanes of at least 4 members (excludes halogenated alkanes) is 35. The first-order valence-electron chi connectivity index (χ1n) is 26.1. The summed E-state index contributed by atoms with van der Waals surface area (Å²) >= 11 is 0. The lowest BCUT2D eigenvalue weighted by molar-refractivity contribution is -0.181. The second kappa shape index (κ2) is 43.3. The number of carbonyl (C=O) groups excluding carboxylic acids is 3. The largest absolute Gasteiger partial charge is 0.382 e. The normalized spacial score (nSPS) is 13.9. The summed E-state index contributed by atoms with van der Waals surface area (Å²) in [6.45, 7) is 6.74. The molecule has 0 rings (SSSR count). The first kappa shape index (κ1) is 57.6. The Kier molecular flexibility index (Phi) is 42.3. The lowest BCUT2D eigenvalue weighted by Gasteiger charge is -2.34. The van der Waals surface area contributed by atoms with Gasteiger partial charge in [0, 0.05) is 19.3 Å². The van der Waals surface area contributed by atoms with Crippen molar-refractivity contribution in [3.63, 3.8) is 0 Å². The molecule has 0 aliphatic carbocycles. The van der Waals surface area contributed by atoms with Gasteiger partial charge in [-0.1, -0.05) is 238 Å². The molecule has 59 heavy (non-hydrogen) atoms. The molecular formula is C53H100O6. The van der Waals surface area contributed by atoms with E-state index in [1.54, 1.807) is 0 Å². The molecule has 6 nitrogen and oxygen atoms in total. The molecule has 2 atom stereocenters. The van der Waals surface area contributed by atoms with Gasteiger partial charge in [0.25, 0.3) is 0 Å². The zero-order valence-electron chi connectivity index (χ0n) is 39.6. The van der Waals surface area contributed by atoms with Crippen LogP contribution in [0, 0.1) is 0 Å². The monoisotopic (exact) mass is 833 g/mol. The summed E-state index contributed by atoms with van der Waals surface area (Å²) in [5, 5.41) is 34.1. The average Bonchev–Trinajstić information content (AvgIpc) is 3.24. The minimum Gasteiger partial charge on any atom is -0.382 e. The van der Waals surface area contributed by atoms with Gasteiger partial charge in [-0.3, -0.25) is 14.4 Å². The molecule has 0 radical (unpaired) electrons. The van der Waals surface area contributed by atoms with Crippen LogP contribution in [0.1, 0.15) is 290 Å². The van der Waals surface area contributed by atoms with Crippen LogP contribution >= 0.6 is 0 Å². The molecule has 0 aromatic rings. The van der Waals surface area contributed by atoms with Crippen molar-refractivity contribution < 1.29 is 29.7 Å². The first-order valence-corrected chi connectivity index (χ1v) is 26.1. The summed E-state index contributed by atoms with van der Waals surface area (Å²) in [5.41, 5.74) is -2.80. The van der Waals surface area contributed by atoms with Crippen molar-refractivity contribution in [2.75, 3.05) is 0 Å². The Morgan fingerprint density at radius 2 is 0.576 bits per heavy atom. The zero-order valence-corrected chi connectivity index (χ0v) is 39.6. The molecule has 0 bridgehead atoms. The highest BCUT2D eigenvalue weighted by Gasteiger charge is 2.53. The van der Waals surface area contributed by atoms with Crippen molar-refractivity contribution in [1.29, 1.82) is 0 Å². The summed E-state index contributed by atoms with van der Waals surface area (Å²) in [4.78, 5) is 40.0. The number of allylic oxidation sites excluding steroid dienone is 2. The predicted octanol–water partition coefficient (Wildman–Crippen LogP) is 15.1. The van der Waals surface area contributed by atoms with E-state index in [0.717, 1.165) is 77.0 Å². The summed E-state index contributed by atoms with van der Waals surface area (Å²) in [6.07, 6.45) is 45.0. The Morgan fingerprint density at radius 1 is 0.356 bits per heavy atom. The fourth-order valence-electron chi connectivity index (χ4n) is 8.41. The van der Waals surface area contributed by atoms with Crippen LogP contribution in [0.5, 0.6) is 0 Å². The van der Waals surface area contributed by atoms with Crippen LogP contribution < -0.4 is 0 Å². The van der Waals surface area contributed by atoms with E-state index in [2.05, 4.69) is 32.9 Å². The first-order chi connectivity index (χ1) is 28.8. The van der Waals surface area contributed by atoms with Gasteiger partial charge in [-0.25, -0.2) is 0 Å². The second-order valence-corrected chi connectivity index (χ2v) is 18.3. The molecule has 0 heterocycles. The van der Waals surface area contributed by atoms with Crippen molar-refractivity contribution in [3.8, 4) is 0 Å². The van der Waals surface area contributed by atoms with Crippen LogP contribution in [0.4, 0.5) is 0 Å². The number of aliphatic hydroxyl groups excluding tert-OH is 2. The minimum absolute atomic E-state index is 0.0156. The quantitative estimate of drug-likeness (QED) is 0.0416. The molecule has 0 aromatic heterocycles. The van der Waals surface area contributed by atoms with Gasteiger partial charge in [-0.05, 0) is 44.9 Å². The molecule has 0 aliphatic rings. The van der Waals surface area contributed by atoms with Gasteiger partial charge in [0.1, 0.15) is 0 Å². The number of hydrogen-bond acceptors (Lipinski definition) is 6. The molecule has 348 valence electrons. The predicted molar refractivity (Wildman–Crippen MR) is 252 cm³/mol. The maximum atomic E-state index is 13.6. The highest BCUT2D eigenvalue weighted by atomic mass is 16.4. The van der Waals surface area contributed by atoms with Crippen molar-refractivity contribution >= 4 is 17.3 Å². The second-order valence-electron chi connectivity index (χ2n) is 18.3. The lowest BCUT2D eigenvalue weighted by atomic mass is 9.78. The minimum atomic E-state index is -2.80. The molecule has 2 unspecified atom stereocenters. The van der Waals surface area contributed by atoms with Crippen molar-refractivity contribution in [2.45, 2.75) is 308 Å². The highest BCUT2D eigenvalue weighted by Crippen LogP contribution is 2.26. The zero-order chi connectivity index (χ0) is 43.5. The maximum Gasteiger partial charge on any atom is 0.189 e. The third-order valence-electron chi connectivity index (χ3n) is 12.6. The molecule has 0 aromatic carbocycles. The number of aliphatic hydroxyl groups is 3. The fourth-order valence-corrected chi connectivity index (χ4v) is 8.41. The Bertz CT molecular complexity index is 927. The molecule has 0 fully saturated rings. The molecule has 0 amide bonds. The number of hydrogen-bond donors (Lipinski definition) is 3.